The van der Waals surface area contributed by atoms with E-state index in [1.54, 1.807) is 12.1 Å². The molecule has 2 saturated carbocycles. The number of anilines is 3. The van der Waals surface area contributed by atoms with Crippen molar-refractivity contribution in [2.24, 2.45) is 23.7 Å². The summed E-state index contributed by atoms with van der Waals surface area (Å²) in [6.07, 6.45) is 8.81. The molecule has 2 unspecified atom stereocenters. The minimum Gasteiger partial charge on any atom is -0.456 e. The zero-order chi connectivity index (χ0) is 37.2. The maximum Gasteiger partial charge on any atom is 0.137 e. The van der Waals surface area contributed by atoms with Gasteiger partial charge in [-0.15, -0.1) is 0 Å². The average Bonchev–Trinajstić information content (AvgIpc) is 3.58. The first-order valence-electron chi connectivity index (χ1n) is 20.5. The zero-order valence-electron chi connectivity index (χ0n) is 31.5. The summed E-state index contributed by atoms with van der Waals surface area (Å²) < 4.78 is 21.8. The third kappa shape index (κ3) is 6.01. The first-order chi connectivity index (χ1) is 27.6. The molecule has 12 rings (SSSR count). The molecule has 7 aromatic carbocycles. The first kappa shape index (κ1) is 33.4. The van der Waals surface area contributed by atoms with Crippen LogP contribution < -0.4 is 4.90 Å². The van der Waals surface area contributed by atoms with Crippen LogP contribution in [0.3, 0.4) is 0 Å². The highest BCUT2D eigenvalue weighted by Gasteiger charge is 2.37. The van der Waals surface area contributed by atoms with Crippen LogP contribution in [0.25, 0.3) is 55.3 Å². The maximum atomic E-state index is 15.3. The predicted molar refractivity (Wildman–Crippen MR) is 229 cm³/mol. The monoisotopic (exact) mass is 729 g/mol. The normalized spacial score (nSPS) is 20.1. The highest BCUT2D eigenvalue weighted by Crippen LogP contribution is 2.51. The fraction of sp³-hybridized carbons (Fsp3) is 0.208. The van der Waals surface area contributed by atoms with E-state index in [4.69, 9.17) is 4.42 Å². The van der Waals surface area contributed by atoms with E-state index in [9.17, 15) is 0 Å². The van der Waals surface area contributed by atoms with Gasteiger partial charge in [0.2, 0.25) is 0 Å². The molecule has 0 amide bonds. The highest BCUT2D eigenvalue weighted by atomic mass is 19.1. The van der Waals surface area contributed by atoms with Crippen LogP contribution in [0.5, 0.6) is 0 Å². The molecule has 274 valence electrons. The molecular weight excluding hydrogens is 686 g/mol. The lowest BCUT2D eigenvalue weighted by Gasteiger charge is -2.42. The van der Waals surface area contributed by atoms with Gasteiger partial charge < -0.3 is 9.32 Å². The Kier molecular flexibility index (Phi) is 8.16. The number of rotatable bonds is 5. The Morgan fingerprint density at radius 2 is 1.07 bits per heavy atom. The maximum absolute atomic E-state index is 15.3. The zero-order valence-corrected chi connectivity index (χ0v) is 31.5. The summed E-state index contributed by atoms with van der Waals surface area (Å²) in [4.78, 5) is 2.38. The van der Waals surface area contributed by atoms with Crippen molar-refractivity contribution in [2.75, 3.05) is 4.90 Å². The third-order valence-corrected chi connectivity index (χ3v) is 13.1. The smallest absolute Gasteiger partial charge is 0.137 e. The van der Waals surface area contributed by atoms with Crippen molar-refractivity contribution in [1.82, 2.24) is 0 Å². The molecule has 0 radical (unpaired) electrons. The van der Waals surface area contributed by atoms with E-state index in [2.05, 4.69) is 132 Å². The molecule has 2 fully saturated rings. The van der Waals surface area contributed by atoms with Gasteiger partial charge in [0.05, 0.1) is 0 Å². The third-order valence-electron chi connectivity index (χ3n) is 13.1. The second-order valence-corrected chi connectivity index (χ2v) is 16.8. The Morgan fingerprint density at radius 3 is 1.88 bits per heavy atom. The van der Waals surface area contributed by atoms with Crippen LogP contribution in [0, 0.1) is 29.5 Å². The quantitative estimate of drug-likeness (QED) is 0.175. The molecule has 0 spiro atoms. The van der Waals surface area contributed by atoms with E-state index in [1.807, 2.05) is 18.2 Å². The minimum atomic E-state index is -0.216. The van der Waals surface area contributed by atoms with Gasteiger partial charge in [0.1, 0.15) is 17.0 Å². The molecule has 0 saturated heterocycles. The van der Waals surface area contributed by atoms with E-state index in [-0.39, 0.29) is 5.82 Å². The summed E-state index contributed by atoms with van der Waals surface area (Å²) >= 11 is 0. The van der Waals surface area contributed by atoms with Crippen molar-refractivity contribution in [3.8, 4) is 33.4 Å². The number of fused-ring (bicyclic) bond motifs is 3. The van der Waals surface area contributed by atoms with E-state index in [1.165, 1.54) is 65.5 Å². The number of hydrogen-bond acceptors (Lipinski definition) is 2. The van der Waals surface area contributed by atoms with Gasteiger partial charge >= 0.3 is 0 Å². The summed E-state index contributed by atoms with van der Waals surface area (Å²) in [5.74, 6) is 2.76. The second-order valence-electron chi connectivity index (χ2n) is 16.8. The van der Waals surface area contributed by atoms with Crippen molar-refractivity contribution in [3.05, 3.63) is 175 Å². The molecule has 4 bridgehead atoms. The summed E-state index contributed by atoms with van der Waals surface area (Å²) in [6.45, 7) is 0. The predicted octanol–water partition coefficient (Wildman–Crippen LogP) is 14.7. The number of benzene rings is 7. The Balaban J connectivity index is 1.16. The highest BCUT2D eigenvalue weighted by molar-refractivity contribution is 6.06. The number of hydrogen-bond donors (Lipinski definition) is 0. The van der Waals surface area contributed by atoms with Crippen molar-refractivity contribution < 1.29 is 8.81 Å². The molecule has 1 aromatic heterocycles. The summed E-state index contributed by atoms with van der Waals surface area (Å²) in [6, 6.07) is 55.5. The first-order valence-corrected chi connectivity index (χ1v) is 20.5. The van der Waals surface area contributed by atoms with Crippen LogP contribution in [0.4, 0.5) is 21.5 Å². The molecule has 2 nitrogen and oxygen atoms in total. The van der Waals surface area contributed by atoms with Gasteiger partial charge in [-0.1, -0.05) is 97.1 Å². The minimum absolute atomic E-state index is 0.216. The standard InChI is InChI=1S/C53H44FNO/c54-43-13-8-12-41(30-43)50-32-46(31-42-29-37-26-34-23-35(27-37)25-36(24-34)28-40-11-4-5-14-47(40)53(42)50)55(44-19-17-39(18-20-44)38-9-2-1-3-10-38)45-21-22-49-48-15-6-7-16-51(48)56-52(49)33-45/h1-22,30-37H,23-29H2. The van der Waals surface area contributed by atoms with Gasteiger partial charge in [0.15, 0.2) is 0 Å². The van der Waals surface area contributed by atoms with E-state index in [0.717, 1.165) is 80.7 Å². The van der Waals surface area contributed by atoms with Gasteiger partial charge in [-0.05, 0) is 168 Å². The van der Waals surface area contributed by atoms with Crippen LogP contribution in [-0.4, -0.2) is 0 Å². The largest absolute Gasteiger partial charge is 0.456 e. The van der Waals surface area contributed by atoms with Crippen LogP contribution in [-0.2, 0) is 12.8 Å². The molecule has 2 atom stereocenters. The van der Waals surface area contributed by atoms with Crippen LogP contribution >= 0.6 is 0 Å². The number of nitrogens with zero attached hydrogens (tertiary/aromatic N) is 1. The van der Waals surface area contributed by atoms with Crippen molar-refractivity contribution in [1.29, 1.82) is 0 Å². The molecule has 56 heavy (non-hydrogen) atoms. The molecular formula is C53H44FNO. The van der Waals surface area contributed by atoms with Crippen molar-refractivity contribution in [2.45, 2.75) is 44.9 Å². The van der Waals surface area contributed by atoms with Crippen LogP contribution in [0.2, 0.25) is 0 Å². The molecule has 0 aliphatic heterocycles. The lowest BCUT2D eigenvalue weighted by molar-refractivity contribution is 0.0973. The average molecular weight is 730 g/mol. The molecule has 1 heterocycles. The van der Waals surface area contributed by atoms with Crippen molar-refractivity contribution >= 4 is 39.0 Å². The molecule has 4 aliphatic carbocycles. The van der Waals surface area contributed by atoms with Gasteiger partial charge in [-0.2, -0.15) is 0 Å². The van der Waals surface area contributed by atoms with Gasteiger partial charge in [0.25, 0.3) is 0 Å². The van der Waals surface area contributed by atoms with Gasteiger partial charge in [-0.25, -0.2) is 4.39 Å². The van der Waals surface area contributed by atoms with Crippen LogP contribution in [0.15, 0.2) is 162 Å². The topological polar surface area (TPSA) is 16.4 Å². The lowest BCUT2D eigenvalue weighted by Crippen LogP contribution is -2.32. The molecule has 0 N–H and O–H groups in total. The lowest BCUT2D eigenvalue weighted by atomic mass is 9.63. The summed E-state index contributed by atoms with van der Waals surface area (Å²) in [7, 11) is 0. The van der Waals surface area contributed by atoms with E-state index < -0.39 is 0 Å². The van der Waals surface area contributed by atoms with Gasteiger partial charge in [-0.3, -0.25) is 0 Å². The summed E-state index contributed by atoms with van der Waals surface area (Å²) in [5.41, 5.74) is 14.6. The Hall–Kier alpha value is -5.93. The van der Waals surface area contributed by atoms with Crippen molar-refractivity contribution in [3.63, 3.8) is 0 Å². The number of furan rings is 1. The van der Waals surface area contributed by atoms with Crippen LogP contribution in [0.1, 0.15) is 43.2 Å². The molecule has 4 aliphatic rings. The second kappa shape index (κ2) is 13.7. The van der Waals surface area contributed by atoms with Gasteiger partial charge in [0, 0.05) is 33.9 Å². The number of para-hydroxylation sites is 1. The molecule has 8 aromatic rings. The van der Waals surface area contributed by atoms with E-state index >= 15 is 4.39 Å². The Bertz CT molecular complexity index is 2710. The fourth-order valence-corrected chi connectivity index (χ4v) is 10.9. The summed E-state index contributed by atoms with van der Waals surface area (Å²) in [5, 5.41) is 2.22. The fourth-order valence-electron chi connectivity index (χ4n) is 10.9. The number of halogens is 1. The molecule has 3 heteroatoms. The SMILES string of the molecule is Fc1cccc(-c2cc(N(c3ccc(-c4ccccc4)cc3)c3ccc4c(c3)oc3ccccc34)cc3c2-c2ccccc2CC2CC4CC(C3)CC(C2)C4)c1. The Labute approximate surface area is 328 Å². The van der Waals surface area contributed by atoms with E-state index in [0.29, 0.717) is 5.92 Å². The Morgan fingerprint density at radius 1 is 0.429 bits per heavy atom.